The van der Waals surface area contributed by atoms with Crippen molar-refractivity contribution in [3.63, 3.8) is 0 Å². The van der Waals surface area contributed by atoms with Crippen molar-refractivity contribution >= 4 is 12.1 Å². The first-order valence-corrected chi connectivity index (χ1v) is 4.29. The molecule has 0 aromatic carbocycles. The number of ketones is 1. The van der Waals surface area contributed by atoms with Crippen LogP contribution in [0.15, 0.2) is 0 Å². The first kappa shape index (κ1) is 7.01. The van der Waals surface area contributed by atoms with E-state index in [4.69, 9.17) is 0 Å². The highest BCUT2D eigenvalue weighted by Crippen LogP contribution is 2.42. The predicted octanol–water partition coefficient (Wildman–Crippen LogP) is 1.19. The Morgan fingerprint density at radius 1 is 1.36 bits per heavy atom. The average molecular weight is 152 g/mol. The Hall–Kier alpha value is -0.660. The van der Waals surface area contributed by atoms with E-state index >= 15 is 0 Å². The van der Waals surface area contributed by atoms with Crippen molar-refractivity contribution in [1.82, 2.24) is 0 Å². The van der Waals surface area contributed by atoms with Gasteiger partial charge in [-0.25, -0.2) is 0 Å². The zero-order chi connectivity index (χ0) is 7.84. The normalized spacial score (nSPS) is 42.5. The van der Waals surface area contributed by atoms with Gasteiger partial charge in [0.15, 0.2) is 0 Å². The Bertz CT molecular complexity index is 198. The van der Waals surface area contributed by atoms with E-state index in [1.165, 1.54) is 6.42 Å². The highest BCUT2D eigenvalue weighted by Gasteiger charge is 2.40. The lowest BCUT2D eigenvalue weighted by Crippen LogP contribution is -2.28. The molecular weight excluding hydrogens is 140 g/mol. The van der Waals surface area contributed by atoms with Crippen LogP contribution < -0.4 is 0 Å². The highest BCUT2D eigenvalue weighted by molar-refractivity contribution is 5.94. The molecule has 0 heterocycles. The van der Waals surface area contributed by atoms with Crippen molar-refractivity contribution in [2.75, 3.05) is 0 Å². The zero-order valence-electron chi connectivity index (χ0n) is 6.45. The summed E-state index contributed by atoms with van der Waals surface area (Å²) in [6.07, 6.45) is 4.91. The first-order chi connectivity index (χ1) is 5.31. The molecule has 2 bridgehead atoms. The minimum atomic E-state index is -0.242. The Morgan fingerprint density at radius 3 is 2.91 bits per heavy atom. The van der Waals surface area contributed by atoms with E-state index in [1.54, 1.807) is 0 Å². The fourth-order valence-corrected chi connectivity index (χ4v) is 2.50. The highest BCUT2D eigenvalue weighted by atomic mass is 16.1. The Balaban J connectivity index is 2.19. The van der Waals surface area contributed by atoms with Crippen LogP contribution in [0.1, 0.15) is 25.7 Å². The molecule has 11 heavy (non-hydrogen) atoms. The van der Waals surface area contributed by atoms with Gasteiger partial charge in [-0.15, -0.1) is 0 Å². The van der Waals surface area contributed by atoms with Crippen LogP contribution in [0.4, 0.5) is 0 Å². The molecule has 2 heteroatoms. The molecule has 60 valence electrons. The minimum Gasteiger partial charge on any atom is -0.303 e. The van der Waals surface area contributed by atoms with Crippen LogP contribution in [-0.4, -0.2) is 12.1 Å². The summed E-state index contributed by atoms with van der Waals surface area (Å²) in [5.74, 6) is 0.968. The van der Waals surface area contributed by atoms with E-state index in [2.05, 4.69) is 0 Å². The molecule has 0 saturated heterocycles. The first-order valence-electron chi connectivity index (χ1n) is 4.29. The third-order valence-corrected chi connectivity index (χ3v) is 3.10. The molecule has 0 aromatic rings. The van der Waals surface area contributed by atoms with Gasteiger partial charge < -0.3 is 4.79 Å². The summed E-state index contributed by atoms with van der Waals surface area (Å²) in [5.41, 5.74) is 0. The third kappa shape index (κ3) is 1.01. The van der Waals surface area contributed by atoms with Gasteiger partial charge in [-0.1, -0.05) is 0 Å². The van der Waals surface area contributed by atoms with Gasteiger partial charge in [0.25, 0.3) is 0 Å². The van der Waals surface area contributed by atoms with Gasteiger partial charge in [-0.05, 0) is 31.1 Å². The molecule has 2 aliphatic carbocycles. The maximum Gasteiger partial charge on any atom is 0.143 e. The Kier molecular flexibility index (Phi) is 1.55. The predicted molar refractivity (Wildman–Crippen MR) is 40.0 cm³/mol. The smallest absolute Gasteiger partial charge is 0.143 e. The summed E-state index contributed by atoms with van der Waals surface area (Å²) < 4.78 is 0. The molecule has 0 aromatic heterocycles. The molecule has 0 amide bonds. The topological polar surface area (TPSA) is 34.1 Å². The molecule has 2 nitrogen and oxygen atoms in total. The van der Waals surface area contributed by atoms with Gasteiger partial charge in [-0.3, -0.25) is 4.79 Å². The lowest BCUT2D eigenvalue weighted by Gasteiger charge is -2.22. The number of rotatable bonds is 1. The molecule has 3 unspecified atom stereocenters. The molecule has 2 rings (SSSR count). The molecule has 2 saturated carbocycles. The zero-order valence-corrected chi connectivity index (χ0v) is 6.45. The summed E-state index contributed by atoms with van der Waals surface area (Å²) in [7, 11) is 0. The monoisotopic (exact) mass is 152 g/mol. The molecule has 0 aliphatic heterocycles. The van der Waals surface area contributed by atoms with Gasteiger partial charge in [-0.2, -0.15) is 0 Å². The number of hydrogen-bond donors (Lipinski definition) is 0. The van der Waals surface area contributed by atoms with Crippen LogP contribution in [0.5, 0.6) is 0 Å². The number of fused-ring (bicyclic) bond motifs is 2. The van der Waals surface area contributed by atoms with Crippen molar-refractivity contribution in [3.8, 4) is 0 Å². The molecule has 0 spiro atoms. The Labute approximate surface area is 66.0 Å². The lowest BCUT2D eigenvalue weighted by atomic mass is 9.80. The quantitative estimate of drug-likeness (QED) is 0.418. The van der Waals surface area contributed by atoms with E-state index in [0.29, 0.717) is 18.3 Å². The third-order valence-electron chi connectivity index (χ3n) is 3.10. The molecule has 2 aliphatic rings. The number of Topliss-reactive ketones (excluding diaryl/α,β-unsaturated/α-hetero) is 1. The van der Waals surface area contributed by atoms with Gasteiger partial charge >= 0.3 is 0 Å². The molecule has 2 fully saturated rings. The summed E-state index contributed by atoms with van der Waals surface area (Å²) in [5, 5.41) is 0. The summed E-state index contributed by atoms with van der Waals surface area (Å²) in [6.45, 7) is 0. The lowest BCUT2D eigenvalue weighted by molar-refractivity contribution is -0.131. The van der Waals surface area contributed by atoms with Crippen molar-refractivity contribution in [2.45, 2.75) is 25.7 Å². The van der Waals surface area contributed by atoms with Crippen molar-refractivity contribution in [3.05, 3.63) is 0 Å². The average Bonchev–Trinajstić information content (AvgIpc) is 2.34. The van der Waals surface area contributed by atoms with Gasteiger partial charge in [0.05, 0.1) is 5.92 Å². The van der Waals surface area contributed by atoms with Crippen LogP contribution in [-0.2, 0) is 9.59 Å². The van der Waals surface area contributed by atoms with Crippen LogP contribution in [0.2, 0.25) is 0 Å². The van der Waals surface area contributed by atoms with Crippen molar-refractivity contribution < 1.29 is 9.59 Å². The minimum absolute atomic E-state index is 0.193. The van der Waals surface area contributed by atoms with E-state index in [1.807, 2.05) is 0 Å². The van der Waals surface area contributed by atoms with Crippen molar-refractivity contribution in [1.29, 1.82) is 0 Å². The maximum absolute atomic E-state index is 11.3. The van der Waals surface area contributed by atoms with E-state index in [9.17, 15) is 9.59 Å². The molecular formula is C9H12O2. The number of hydrogen-bond acceptors (Lipinski definition) is 2. The van der Waals surface area contributed by atoms with Gasteiger partial charge in [0.1, 0.15) is 12.1 Å². The number of aldehydes is 1. The Morgan fingerprint density at radius 2 is 2.18 bits per heavy atom. The van der Waals surface area contributed by atoms with Crippen LogP contribution in [0.25, 0.3) is 0 Å². The standard InChI is InChI=1S/C9H12O2/c10-5-8-7-2-1-6(3-7)4-9(8)11/h5-8H,1-4H2. The fourth-order valence-electron chi connectivity index (χ4n) is 2.50. The van der Waals surface area contributed by atoms with Gasteiger partial charge in [0, 0.05) is 6.42 Å². The molecule has 3 atom stereocenters. The molecule has 0 radical (unpaired) electrons. The van der Waals surface area contributed by atoms with Crippen LogP contribution >= 0.6 is 0 Å². The second kappa shape index (κ2) is 2.43. The second-order valence-electron chi connectivity index (χ2n) is 3.77. The van der Waals surface area contributed by atoms with Gasteiger partial charge in [0.2, 0.25) is 0 Å². The fraction of sp³-hybridized carbons (Fsp3) is 0.778. The van der Waals surface area contributed by atoms with E-state index in [-0.39, 0.29) is 11.7 Å². The van der Waals surface area contributed by atoms with Crippen LogP contribution in [0.3, 0.4) is 0 Å². The summed E-state index contributed by atoms with van der Waals surface area (Å²) in [6, 6.07) is 0. The van der Waals surface area contributed by atoms with Crippen LogP contribution in [0, 0.1) is 17.8 Å². The summed E-state index contributed by atoms with van der Waals surface area (Å²) >= 11 is 0. The second-order valence-corrected chi connectivity index (χ2v) is 3.77. The maximum atomic E-state index is 11.3. The molecule has 0 N–H and O–H groups in total. The van der Waals surface area contributed by atoms with E-state index in [0.717, 1.165) is 19.1 Å². The van der Waals surface area contributed by atoms with E-state index < -0.39 is 0 Å². The summed E-state index contributed by atoms with van der Waals surface area (Å²) in [4.78, 5) is 21.8. The largest absolute Gasteiger partial charge is 0.303 e. The number of carbonyl (C=O) groups excluding carboxylic acids is 2. The SMILES string of the molecule is O=CC1C(=O)CC2CCC1C2. The number of carbonyl (C=O) groups is 2. The van der Waals surface area contributed by atoms with Crippen molar-refractivity contribution in [2.24, 2.45) is 17.8 Å².